The molecule has 1 aromatic rings. The van der Waals surface area contributed by atoms with E-state index < -0.39 is 22.4 Å². The predicted molar refractivity (Wildman–Crippen MR) is 61.6 cm³/mol. The van der Waals surface area contributed by atoms with Crippen molar-refractivity contribution in [2.45, 2.75) is 13.5 Å². The lowest BCUT2D eigenvalue weighted by atomic mass is 10.2. The summed E-state index contributed by atoms with van der Waals surface area (Å²) in [4.78, 5) is 0. The summed E-state index contributed by atoms with van der Waals surface area (Å²) in [5, 5.41) is 2.88. The van der Waals surface area contributed by atoms with Gasteiger partial charge in [-0.2, -0.15) is 0 Å². The molecule has 2 nitrogen and oxygen atoms in total. The second-order valence-corrected chi connectivity index (χ2v) is 5.17. The molecule has 1 rings (SSSR count). The molecule has 90 valence electrons. The highest BCUT2D eigenvalue weighted by atomic mass is 32.2. The van der Waals surface area contributed by atoms with Crippen LogP contribution < -0.4 is 5.32 Å². The molecule has 0 bridgehead atoms. The van der Waals surface area contributed by atoms with Crippen molar-refractivity contribution in [2.75, 3.05) is 18.1 Å². The fourth-order valence-corrected chi connectivity index (χ4v) is 1.91. The second kappa shape index (κ2) is 6.70. The van der Waals surface area contributed by atoms with Gasteiger partial charge in [0, 0.05) is 41.0 Å². The van der Waals surface area contributed by atoms with Crippen LogP contribution in [0.15, 0.2) is 18.2 Å². The van der Waals surface area contributed by atoms with Gasteiger partial charge in [-0.1, -0.05) is 13.0 Å². The lowest BCUT2D eigenvalue weighted by Gasteiger charge is -2.06. The van der Waals surface area contributed by atoms with Crippen LogP contribution in [0.4, 0.5) is 8.78 Å². The minimum Gasteiger partial charge on any atom is -0.312 e. The van der Waals surface area contributed by atoms with Crippen molar-refractivity contribution in [3.8, 4) is 0 Å². The third-order valence-electron chi connectivity index (χ3n) is 2.19. The number of hydrogen-bond donors (Lipinski definition) is 1. The topological polar surface area (TPSA) is 29.1 Å². The van der Waals surface area contributed by atoms with E-state index in [1.807, 2.05) is 6.92 Å². The molecule has 16 heavy (non-hydrogen) atoms. The van der Waals surface area contributed by atoms with Crippen LogP contribution in [-0.2, 0) is 17.3 Å². The lowest BCUT2D eigenvalue weighted by Crippen LogP contribution is -2.21. The Hall–Kier alpha value is -0.810. The Morgan fingerprint density at radius 1 is 1.31 bits per heavy atom. The van der Waals surface area contributed by atoms with Crippen LogP contribution in [0.25, 0.3) is 0 Å². The SMILES string of the molecule is CCS(=O)CCNCc1c(F)cccc1F. The molecule has 0 aliphatic rings. The van der Waals surface area contributed by atoms with Gasteiger partial charge < -0.3 is 5.32 Å². The summed E-state index contributed by atoms with van der Waals surface area (Å²) in [6.07, 6.45) is 0. The number of halogens is 2. The zero-order valence-electron chi connectivity index (χ0n) is 9.13. The van der Waals surface area contributed by atoms with Gasteiger partial charge in [-0.15, -0.1) is 0 Å². The van der Waals surface area contributed by atoms with Gasteiger partial charge in [0.05, 0.1) is 0 Å². The van der Waals surface area contributed by atoms with E-state index in [0.717, 1.165) is 0 Å². The summed E-state index contributed by atoms with van der Waals surface area (Å²) >= 11 is 0. The third-order valence-corrected chi connectivity index (χ3v) is 3.50. The van der Waals surface area contributed by atoms with E-state index in [1.54, 1.807) is 0 Å². The molecule has 0 spiro atoms. The van der Waals surface area contributed by atoms with Crippen LogP contribution in [0, 0.1) is 11.6 Å². The first-order valence-corrected chi connectivity index (χ1v) is 6.62. The van der Waals surface area contributed by atoms with Gasteiger partial charge in [0.15, 0.2) is 0 Å². The van der Waals surface area contributed by atoms with Crippen molar-refractivity contribution in [1.82, 2.24) is 5.32 Å². The molecule has 1 unspecified atom stereocenters. The Labute approximate surface area is 96.5 Å². The summed E-state index contributed by atoms with van der Waals surface area (Å²) in [6.45, 7) is 2.46. The fourth-order valence-electron chi connectivity index (χ4n) is 1.24. The smallest absolute Gasteiger partial charge is 0.130 e. The molecule has 0 radical (unpaired) electrons. The van der Waals surface area contributed by atoms with Gasteiger partial charge >= 0.3 is 0 Å². The molecular formula is C11H15F2NOS. The Morgan fingerprint density at radius 3 is 2.50 bits per heavy atom. The van der Waals surface area contributed by atoms with Gasteiger partial charge in [-0.3, -0.25) is 4.21 Å². The normalized spacial score (nSPS) is 12.7. The average molecular weight is 247 g/mol. The quantitative estimate of drug-likeness (QED) is 0.777. The van der Waals surface area contributed by atoms with Crippen molar-refractivity contribution < 1.29 is 13.0 Å². The molecule has 0 aliphatic carbocycles. The minimum atomic E-state index is -0.846. The molecule has 0 fully saturated rings. The summed E-state index contributed by atoms with van der Waals surface area (Å²) in [5.41, 5.74) is 0.0322. The molecule has 1 N–H and O–H groups in total. The van der Waals surface area contributed by atoms with E-state index in [0.29, 0.717) is 18.1 Å². The van der Waals surface area contributed by atoms with Crippen LogP contribution >= 0.6 is 0 Å². The van der Waals surface area contributed by atoms with Crippen LogP contribution in [0.1, 0.15) is 12.5 Å². The van der Waals surface area contributed by atoms with Crippen LogP contribution in [0.5, 0.6) is 0 Å². The average Bonchev–Trinajstić information content (AvgIpc) is 2.27. The zero-order chi connectivity index (χ0) is 12.0. The van der Waals surface area contributed by atoms with E-state index >= 15 is 0 Å². The maximum Gasteiger partial charge on any atom is 0.130 e. The second-order valence-electron chi connectivity index (χ2n) is 3.31. The minimum absolute atomic E-state index is 0.0322. The summed E-state index contributed by atoms with van der Waals surface area (Å²) < 4.78 is 37.4. The van der Waals surface area contributed by atoms with E-state index in [1.165, 1.54) is 18.2 Å². The van der Waals surface area contributed by atoms with Gasteiger partial charge in [0.1, 0.15) is 11.6 Å². The third kappa shape index (κ3) is 3.98. The van der Waals surface area contributed by atoms with Crippen LogP contribution in [-0.4, -0.2) is 22.3 Å². The van der Waals surface area contributed by atoms with E-state index in [2.05, 4.69) is 5.32 Å². The molecule has 5 heteroatoms. The maximum absolute atomic E-state index is 13.2. The Kier molecular flexibility index (Phi) is 5.55. The van der Waals surface area contributed by atoms with Gasteiger partial charge in [0.25, 0.3) is 0 Å². The highest BCUT2D eigenvalue weighted by Crippen LogP contribution is 2.11. The molecule has 1 aromatic carbocycles. The first kappa shape index (κ1) is 13.3. The van der Waals surface area contributed by atoms with Crippen LogP contribution in [0.3, 0.4) is 0 Å². The first-order chi connectivity index (χ1) is 7.65. The highest BCUT2D eigenvalue weighted by Gasteiger charge is 2.07. The fraction of sp³-hybridized carbons (Fsp3) is 0.455. The van der Waals surface area contributed by atoms with Gasteiger partial charge in [0.2, 0.25) is 0 Å². The number of benzene rings is 1. The van der Waals surface area contributed by atoms with Gasteiger partial charge in [-0.25, -0.2) is 8.78 Å². The molecule has 0 saturated heterocycles. The zero-order valence-corrected chi connectivity index (χ0v) is 9.95. The Balaban J connectivity index is 2.40. The van der Waals surface area contributed by atoms with Crippen molar-refractivity contribution in [3.05, 3.63) is 35.4 Å². The monoisotopic (exact) mass is 247 g/mol. The van der Waals surface area contributed by atoms with Crippen molar-refractivity contribution in [3.63, 3.8) is 0 Å². The standard InChI is InChI=1S/C11H15F2NOS/c1-2-16(15)7-6-14-8-9-10(12)4-3-5-11(9)13/h3-5,14H,2,6-8H2,1H3. The van der Waals surface area contributed by atoms with E-state index in [9.17, 15) is 13.0 Å². The van der Waals surface area contributed by atoms with Gasteiger partial charge in [-0.05, 0) is 12.1 Å². The molecule has 1 atom stereocenters. The van der Waals surface area contributed by atoms with Crippen molar-refractivity contribution in [2.24, 2.45) is 0 Å². The highest BCUT2D eigenvalue weighted by molar-refractivity contribution is 7.84. The Bertz CT molecular complexity index is 351. The largest absolute Gasteiger partial charge is 0.312 e. The van der Waals surface area contributed by atoms with Crippen molar-refractivity contribution in [1.29, 1.82) is 0 Å². The molecular weight excluding hydrogens is 232 g/mol. The molecule has 0 aromatic heterocycles. The first-order valence-electron chi connectivity index (χ1n) is 5.13. The lowest BCUT2D eigenvalue weighted by molar-refractivity contribution is 0.540. The maximum atomic E-state index is 13.2. The van der Waals surface area contributed by atoms with Crippen molar-refractivity contribution >= 4 is 10.8 Å². The predicted octanol–water partition coefficient (Wildman–Crippen LogP) is 1.82. The summed E-state index contributed by atoms with van der Waals surface area (Å²) in [7, 11) is -0.846. The van der Waals surface area contributed by atoms with E-state index in [-0.39, 0.29) is 12.1 Å². The number of nitrogens with one attached hydrogen (secondary N) is 1. The molecule has 0 amide bonds. The summed E-state index contributed by atoms with van der Waals surface area (Å²) in [5.74, 6) is 0.00991. The van der Waals surface area contributed by atoms with Crippen LogP contribution in [0.2, 0.25) is 0 Å². The molecule has 0 heterocycles. The van der Waals surface area contributed by atoms with E-state index in [4.69, 9.17) is 0 Å². The molecule has 0 saturated carbocycles. The summed E-state index contributed by atoms with van der Waals surface area (Å²) in [6, 6.07) is 3.79. The number of hydrogen-bond acceptors (Lipinski definition) is 2. The number of rotatable bonds is 6. The molecule has 0 aliphatic heterocycles. The Morgan fingerprint density at radius 2 is 1.94 bits per heavy atom.